The number of allylic oxidation sites excluding steroid dienone is 2. The smallest absolute Gasteiger partial charge is 0.0761 e. The molecule has 0 aromatic heterocycles. The highest BCUT2D eigenvalue weighted by atomic mass is 16.3. The summed E-state index contributed by atoms with van der Waals surface area (Å²) in [4.78, 5) is 0. The van der Waals surface area contributed by atoms with E-state index in [1.165, 1.54) is 5.57 Å². The fourth-order valence-corrected chi connectivity index (χ4v) is 1.17. The fourth-order valence-electron chi connectivity index (χ4n) is 1.17. The van der Waals surface area contributed by atoms with E-state index in [2.05, 4.69) is 26.8 Å². The van der Waals surface area contributed by atoms with Crippen molar-refractivity contribution in [3.8, 4) is 0 Å². The van der Waals surface area contributed by atoms with Gasteiger partial charge in [-0.2, -0.15) is 0 Å². The van der Waals surface area contributed by atoms with Crippen LogP contribution >= 0.6 is 0 Å². The Hall–Kier alpha value is -0.560. The van der Waals surface area contributed by atoms with Crippen molar-refractivity contribution in [3.05, 3.63) is 23.8 Å². The van der Waals surface area contributed by atoms with Crippen LogP contribution in [0.4, 0.5) is 0 Å². The van der Waals surface area contributed by atoms with Gasteiger partial charge in [-0.15, -0.1) is 0 Å². The Bertz CT molecular complexity index is 193. The second-order valence-corrected chi connectivity index (χ2v) is 4.08. The van der Waals surface area contributed by atoms with Crippen LogP contribution in [-0.4, -0.2) is 11.2 Å². The van der Waals surface area contributed by atoms with E-state index in [1.807, 2.05) is 12.2 Å². The molecular formula is C10H16O. The highest BCUT2D eigenvalue weighted by Crippen LogP contribution is 2.28. The van der Waals surface area contributed by atoms with Crippen LogP contribution in [0.3, 0.4) is 0 Å². The Morgan fingerprint density at radius 2 is 2.09 bits per heavy atom. The maximum atomic E-state index is 9.32. The molecule has 0 spiro atoms. The molecule has 0 aliphatic heterocycles. The monoisotopic (exact) mass is 152 g/mol. The van der Waals surface area contributed by atoms with Crippen molar-refractivity contribution in [2.75, 3.05) is 0 Å². The second-order valence-electron chi connectivity index (χ2n) is 4.08. The molecule has 1 aliphatic carbocycles. The number of hydrogen-bond donors (Lipinski definition) is 1. The van der Waals surface area contributed by atoms with Crippen LogP contribution in [0.15, 0.2) is 23.8 Å². The van der Waals surface area contributed by atoms with Crippen molar-refractivity contribution in [1.82, 2.24) is 0 Å². The Morgan fingerprint density at radius 3 is 2.45 bits per heavy atom. The summed E-state index contributed by atoms with van der Waals surface area (Å²) in [6.07, 6.45) is 6.58. The molecular weight excluding hydrogens is 136 g/mol. The lowest BCUT2D eigenvalue weighted by atomic mass is 9.83. The van der Waals surface area contributed by atoms with E-state index in [9.17, 15) is 5.11 Å². The van der Waals surface area contributed by atoms with Crippen LogP contribution in [0, 0.1) is 5.41 Å². The molecule has 0 heterocycles. The van der Waals surface area contributed by atoms with Gasteiger partial charge in [0.25, 0.3) is 0 Å². The zero-order valence-corrected chi connectivity index (χ0v) is 7.46. The molecule has 11 heavy (non-hydrogen) atoms. The fraction of sp³-hybridized carbons (Fsp3) is 0.600. The van der Waals surface area contributed by atoms with Crippen LogP contribution in [0.2, 0.25) is 0 Å². The van der Waals surface area contributed by atoms with Gasteiger partial charge in [0.15, 0.2) is 0 Å². The molecule has 0 aromatic rings. The lowest BCUT2D eigenvalue weighted by Crippen LogP contribution is -2.14. The number of aliphatic hydroxyl groups is 1. The molecule has 1 N–H and O–H groups in total. The molecule has 0 saturated carbocycles. The normalized spacial score (nSPS) is 25.1. The largest absolute Gasteiger partial charge is 0.389 e. The minimum absolute atomic E-state index is 0.165. The summed E-state index contributed by atoms with van der Waals surface area (Å²) in [5.74, 6) is 0. The molecule has 0 radical (unpaired) electrons. The summed E-state index contributed by atoms with van der Waals surface area (Å²) >= 11 is 0. The first-order chi connectivity index (χ1) is 5.00. The lowest BCUT2D eigenvalue weighted by molar-refractivity contribution is 0.222. The SMILES string of the molecule is CC(C)(C)C1=C[C@@H](O)CC=C1. The topological polar surface area (TPSA) is 20.2 Å². The van der Waals surface area contributed by atoms with Gasteiger partial charge >= 0.3 is 0 Å². The zero-order valence-electron chi connectivity index (χ0n) is 7.46. The van der Waals surface area contributed by atoms with E-state index in [0.717, 1.165) is 6.42 Å². The molecule has 1 rings (SSSR count). The second kappa shape index (κ2) is 2.82. The van der Waals surface area contributed by atoms with Gasteiger partial charge in [-0.3, -0.25) is 0 Å². The number of aliphatic hydroxyl groups excluding tert-OH is 1. The summed E-state index contributed by atoms with van der Waals surface area (Å²) < 4.78 is 0. The third-order valence-corrected chi connectivity index (χ3v) is 1.91. The average Bonchev–Trinajstić information content (AvgIpc) is 1.86. The summed E-state index contributed by atoms with van der Waals surface area (Å²) in [6.45, 7) is 6.46. The van der Waals surface area contributed by atoms with Gasteiger partial charge in [-0.05, 0) is 17.4 Å². The van der Waals surface area contributed by atoms with Crippen molar-refractivity contribution in [2.24, 2.45) is 5.41 Å². The van der Waals surface area contributed by atoms with E-state index in [-0.39, 0.29) is 11.5 Å². The standard InChI is InChI=1S/C10H16O/c1-10(2,3)8-5-4-6-9(11)7-8/h4-5,7,9,11H,6H2,1-3H3/t9-/m0/s1. The molecule has 62 valence electrons. The third-order valence-electron chi connectivity index (χ3n) is 1.91. The van der Waals surface area contributed by atoms with Crippen molar-refractivity contribution in [2.45, 2.75) is 33.3 Å². The summed E-state index contributed by atoms with van der Waals surface area (Å²) in [7, 11) is 0. The van der Waals surface area contributed by atoms with Crippen LogP contribution < -0.4 is 0 Å². The van der Waals surface area contributed by atoms with Gasteiger partial charge in [-0.25, -0.2) is 0 Å². The van der Waals surface area contributed by atoms with E-state index >= 15 is 0 Å². The molecule has 1 aliphatic rings. The van der Waals surface area contributed by atoms with Crippen LogP contribution in [0.5, 0.6) is 0 Å². The van der Waals surface area contributed by atoms with Crippen molar-refractivity contribution >= 4 is 0 Å². The zero-order chi connectivity index (χ0) is 8.48. The number of hydrogen-bond acceptors (Lipinski definition) is 1. The Morgan fingerprint density at radius 1 is 1.45 bits per heavy atom. The van der Waals surface area contributed by atoms with E-state index in [4.69, 9.17) is 0 Å². The molecule has 0 fully saturated rings. The van der Waals surface area contributed by atoms with Gasteiger partial charge in [0.2, 0.25) is 0 Å². The predicted octanol–water partition coefficient (Wildman–Crippen LogP) is 2.28. The minimum atomic E-state index is -0.269. The lowest BCUT2D eigenvalue weighted by Gasteiger charge is -2.23. The quantitative estimate of drug-likeness (QED) is 0.564. The summed E-state index contributed by atoms with van der Waals surface area (Å²) in [5, 5.41) is 9.32. The molecule has 0 bridgehead atoms. The highest BCUT2D eigenvalue weighted by molar-refractivity contribution is 5.29. The van der Waals surface area contributed by atoms with Crippen molar-refractivity contribution < 1.29 is 5.11 Å². The highest BCUT2D eigenvalue weighted by Gasteiger charge is 2.17. The third kappa shape index (κ3) is 2.19. The van der Waals surface area contributed by atoms with Gasteiger partial charge in [0.05, 0.1) is 6.10 Å². The van der Waals surface area contributed by atoms with Crippen LogP contribution in [0.1, 0.15) is 27.2 Å². The maximum absolute atomic E-state index is 9.32. The van der Waals surface area contributed by atoms with Gasteiger partial charge in [0, 0.05) is 0 Å². The average molecular weight is 152 g/mol. The minimum Gasteiger partial charge on any atom is -0.389 e. The molecule has 0 saturated heterocycles. The Labute approximate surface area is 68.4 Å². The molecule has 0 amide bonds. The van der Waals surface area contributed by atoms with Gasteiger partial charge in [-0.1, -0.05) is 39.0 Å². The first-order valence-electron chi connectivity index (χ1n) is 4.07. The first-order valence-corrected chi connectivity index (χ1v) is 4.07. The Balaban J connectivity index is 2.80. The molecule has 0 aromatic carbocycles. The summed E-state index contributed by atoms with van der Waals surface area (Å²) in [6, 6.07) is 0. The molecule has 1 heteroatoms. The maximum Gasteiger partial charge on any atom is 0.0761 e. The van der Waals surface area contributed by atoms with Crippen LogP contribution in [0.25, 0.3) is 0 Å². The van der Waals surface area contributed by atoms with Crippen LogP contribution in [-0.2, 0) is 0 Å². The molecule has 1 atom stereocenters. The predicted molar refractivity (Wildman–Crippen MR) is 47.3 cm³/mol. The van der Waals surface area contributed by atoms with E-state index in [1.54, 1.807) is 0 Å². The van der Waals surface area contributed by atoms with Crippen molar-refractivity contribution in [3.63, 3.8) is 0 Å². The molecule has 1 nitrogen and oxygen atoms in total. The first kappa shape index (κ1) is 8.54. The molecule has 0 unspecified atom stereocenters. The Kier molecular flexibility index (Phi) is 2.19. The van der Waals surface area contributed by atoms with Crippen molar-refractivity contribution in [1.29, 1.82) is 0 Å². The number of rotatable bonds is 0. The van der Waals surface area contributed by atoms with Gasteiger partial charge in [0.1, 0.15) is 0 Å². The van der Waals surface area contributed by atoms with E-state index < -0.39 is 0 Å². The summed E-state index contributed by atoms with van der Waals surface area (Å²) in [5.41, 5.74) is 1.40. The van der Waals surface area contributed by atoms with E-state index in [0.29, 0.717) is 0 Å². The van der Waals surface area contributed by atoms with Gasteiger partial charge < -0.3 is 5.11 Å².